The van der Waals surface area contributed by atoms with Crippen molar-refractivity contribution in [2.45, 2.75) is 6.04 Å². The van der Waals surface area contributed by atoms with Crippen LogP contribution in [0.4, 0.5) is 8.78 Å². The minimum absolute atomic E-state index is 0.00564. The monoisotopic (exact) mass is 383 g/mol. The maximum Gasteiger partial charge on any atom is 0.255 e. The van der Waals surface area contributed by atoms with Crippen molar-refractivity contribution in [1.29, 1.82) is 0 Å². The molecule has 0 spiro atoms. The van der Waals surface area contributed by atoms with Gasteiger partial charge in [0.05, 0.1) is 18.7 Å². The number of hydrogen-bond donors (Lipinski definition) is 1. The molecule has 28 heavy (non-hydrogen) atoms. The van der Waals surface area contributed by atoms with E-state index in [-0.39, 0.29) is 23.7 Å². The Morgan fingerprint density at radius 1 is 0.964 bits per heavy atom. The molecule has 0 saturated carbocycles. The number of hydrogen-bond acceptors (Lipinski definition) is 3. The summed E-state index contributed by atoms with van der Waals surface area (Å²) in [7, 11) is 1.40. The third-order valence-electron chi connectivity index (χ3n) is 4.16. The second-order valence-electron chi connectivity index (χ2n) is 6.02. The van der Waals surface area contributed by atoms with E-state index in [1.807, 2.05) is 30.3 Å². The van der Waals surface area contributed by atoms with Crippen LogP contribution in [0.3, 0.4) is 0 Å². The second-order valence-corrected chi connectivity index (χ2v) is 6.02. The van der Waals surface area contributed by atoms with E-state index in [1.165, 1.54) is 31.4 Å². The van der Waals surface area contributed by atoms with E-state index in [0.717, 1.165) is 11.6 Å². The highest BCUT2D eigenvalue weighted by Gasteiger charge is 2.20. The van der Waals surface area contributed by atoms with Gasteiger partial charge in [0.2, 0.25) is 0 Å². The maximum absolute atomic E-state index is 13.8. The van der Waals surface area contributed by atoms with Crippen LogP contribution in [0.5, 0.6) is 11.5 Å². The molecule has 3 aromatic carbocycles. The molecule has 144 valence electrons. The predicted octanol–water partition coefficient (Wildman–Crippen LogP) is 4.52. The van der Waals surface area contributed by atoms with Gasteiger partial charge in [0.15, 0.2) is 11.6 Å². The Hall–Kier alpha value is -3.41. The molecule has 0 bridgehead atoms. The number of benzene rings is 3. The Kier molecular flexibility index (Phi) is 6.22. The molecule has 0 fully saturated rings. The van der Waals surface area contributed by atoms with Crippen molar-refractivity contribution >= 4 is 5.91 Å². The van der Waals surface area contributed by atoms with Gasteiger partial charge in [-0.05, 0) is 35.9 Å². The van der Waals surface area contributed by atoms with Crippen molar-refractivity contribution in [2.24, 2.45) is 0 Å². The van der Waals surface area contributed by atoms with E-state index in [1.54, 1.807) is 12.1 Å². The highest BCUT2D eigenvalue weighted by atomic mass is 19.1. The summed E-state index contributed by atoms with van der Waals surface area (Å²) in [5.74, 6) is -1.23. The van der Waals surface area contributed by atoms with Gasteiger partial charge in [-0.3, -0.25) is 4.79 Å². The molecule has 0 radical (unpaired) electrons. The van der Waals surface area contributed by atoms with E-state index in [9.17, 15) is 13.6 Å². The van der Waals surface area contributed by atoms with E-state index >= 15 is 0 Å². The topological polar surface area (TPSA) is 47.6 Å². The van der Waals surface area contributed by atoms with Gasteiger partial charge < -0.3 is 14.8 Å². The van der Waals surface area contributed by atoms with Crippen LogP contribution in [-0.2, 0) is 0 Å². The number of ether oxygens (including phenoxy) is 2. The molecule has 0 aliphatic rings. The average Bonchev–Trinajstić information content (AvgIpc) is 2.72. The van der Waals surface area contributed by atoms with E-state index < -0.39 is 23.6 Å². The minimum Gasteiger partial charge on any atom is -0.496 e. The van der Waals surface area contributed by atoms with Gasteiger partial charge in [0, 0.05) is 0 Å². The van der Waals surface area contributed by atoms with Crippen LogP contribution in [-0.4, -0.2) is 19.6 Å². The van der Waals surface area contributed by atoms with Crippen LogP contribution in [0, 0.1) is 11.6 Å². The normalized spacial score (nSPS) is 11.5. The van der Waals surface area contributed by atoms with Crippen molar-refractivity contribution in [3.05, 3.63) is 95.6 Å². The zero-order valence-electron chi connectivity index (χ0n) is 15.2. The molecule has 6 heteroatoms. The molecule has 1 atom stereocenters. The fraction of sp³-hybridized carbons (Fsp3) is 0.136. The Morgan fingerprint density at radius 2 is 1.68 bits per heavy atom. The summed E-state index contributed by atoms with van der Waals surface area (Å²) < 4.78 is 38.2. The van der Waals surface area contributed by atoms with Crippen molar-refractivity contribution in [3.63, 3.8) is 0 Å². The molecule has 3 aromatic rings. The first-order chi connectivity index (χ1) is 13.6. The highest BCUT2D eigenvalue weighted by molar-refractivity contribution is 5.97. The molecule has 0 saturated heterocycles. The van der Waals surface area contributed by atoms with Crippen molar-refractivity contribution in [1.82, 2.24) is 5.32 Å². The lowest BCUT2D eigenvalue weighted by molar-refractivity contribution is 0.0917. The van der Waals surface area contributed by atoms with Crippen LogP contribution >= 0.6 is 0 Å². The number of rotatable bonds is 7. The smallest absolute Gasteiger partial charge is 0.255 e. The van der Waals surface area contributed by atoms with Crippen molar-refractivity contribution in [3.8, 4) is 11.5 Å². The Morgan fingerprint density at radius 3 is 2.39 bits per heavy atom. The maximum atomic E-state index is 13.8. The summed E-state index contributed by atoms with van der Waals surface area (Å²) >= 11 is 0. The molecule has 0 aliphatic carbocycles. The summed E-state index contributed by atoms with van der Waals surface area (Å²) in [5.41, 5.74) is 0.830. The van der Waals surface area contributed by atoms with Crippen LogP contribution in [0.2, 0.25) is 0 Å². The second kappa shape index (κ2) is 8.99. The van der Waals surface area contributed by atoms with Crippen LogP contribution < -0.4 is 14.8 Å². The number of carbonyl (C=O) groups is 1. The predicted molar refractivity (Wildman–Crippen MR) is 101 cm³/mol. The molecular weight excluding hydrogens is 364 g/mol. The van der Waals surface area contributed by atoms with Crippen LogP contribution in [0.15, 0.2) is 72.8 Å². The molecule has 3 rings (SSSR count). The first kappa shape index (κ1) is 19.4. The molecule has 0 aliphatic heterocycles. The fourth-order valence-electron chi connectivity index (χ4n) is 2.74. The van der Waals surface area contributed by atoms with Crippen molar-refractivity contribution < 1.29 is 23.0 Å². The lowest BCUT2D eigenvalue weighted by Crippen LogP contribution is -2.32. The highest BCUT2D eigenvalue weighted by Crippen LogP contribution is 2.23. The Bertz CT molecular complexity index is 948. The van der Waals surface area contributed by atoms with Gasteiger partial charge in [-0.2, -0.15) is 0 Å². The summed E-state index contributed by atoms with van der Waals surface area (Å²) in [5, 5.41) is 2.81. The molecule has 0 heterocycles. The van der Waals surface area contributed by atoms with Crippen LogP contribution in [0.25, 0.3) is 0 Å². The Balaban J connectivity index is 1.83. The van der Waals surface area contributed by atoms with Gasteiger partial charge in [-0.1, -0.05) is 42.5 Å². The minimum atomic E-state index is -0.582. The summed E-state index contributed by atoms with van der Waals surface area (Å²) in [4.78, 5) is 12.8. The SMILES string of the molecule is COc1ccc(F)cc1C(=O)NC(COc1ccccc1F)c1ccccc1. The third kappa shape index (κ3) is 4.65. The van der Waals surface area contributed by atoms with E-state index in [4.69, 9.17) is 9.47 Å². The van der Waals surface area contributed by atoms with E-state index in [0.29, 0.717) is 0 Å². The number of halogens is 2. The Labute approximate surface area is 161 Å². The van der Waals surface area contributed by atoms with E-state index in [2.05, 4.69) is 5.32 Å². The van der Waals surface area contributed by atoms with Crippen molar-refractivity contribution in [2.75, 3.05) is 13.7 Å². The van der Waals surface area contributed by atoms with Crippen LogP contribution in [0.1, 0.15) is 22.0 Å². The number of nitrogens with one attached hydrogen (secondary N) is 1. The summed E-state index contributed by atoms with van der Waals surface area (Å²) in [6.45, 7) is -0.00564. The molecule has 1 N–H and O–H groups in total. The summed E-state index contributed by atoms with van der Waals surface area (Å²) in [6.07, 6.45) is 0. The molecule has 1 unspecified atom stereocenters. The average molecular weight is 383 g/mol. The molecule has 1 amide bonds. The lowest BCUT2D eigenvalue weighted by atomic mass is 10.1. The fourth-order valence-corrected chi connectivity index (χ4v) is 2.74. The largest absolute Gasteiger partial charge is 0.496 e. The van der Waals surface area contributed by atoms with Gasteiger partial charge >= 0.3 is 0 Å². The zero-order chi connectivity index (χ0) is 19.9. The molecule has 4 nitrogen and oxygen atoms in total. The number of methoxy groups -OCH3 is 1. The first-order valence-corrected chi connectivity index (χ1v) is 8.65. The van der Waals surface area contributed by atoms with Gasteiger partial charge in [-0.15, -0.1) is 0 Å². The zero-order valence-corrected chi connectivity index (χ0v) is 15.2. The molecular formula is C22H19F2NO3. The van der Waals surface area contributed by atoms with Gasteiger partial charge in [0.25, 0.3) is 5.91 Å². The number of carbonyl (C=O) groups excluding carboxylic acids is 1. The van der Waals surface area contributed by atoms with Gasteiger partial charge in [-0.25, -0.2) is 8.78 Å². The summed E-state index contributed by atoms with van der Waals surface area (Å²) in [6, 6.07) is 18.3. The van der Waals surface area contributed by atoms with Gasteiger partial charge in [0.1, 0.15) is 18.2 Å². The lowest BCUT2D eigenvalue weighted by Gasteiger charge is -2.21. The standard InChI is InChI=1S/C22H19F2NO3/c1-27-20-12-11-16(23)13-17(20)22(26)25-19(15-7-3-2-4-8-15)14-28-21-10-6-5-9-18(21)24/h2-13,19H,14H2,1H3,(H,25,26). The quantitative estimate of drug-likeness (QED) is 0.652. The first-order valence-electron chi connectivity index (χ1n) is 8.65. The number of para-hydroxylation sites is 1. The third-order valence-corrected chi connectivity index (χ3v) is 4.16. The molecule has 0 aromatic heterocycles. The number of amides is 1.